The van der Waals surface area contributed by atoms with Crippen LogP contribution in [-0.4, -0.2) is 36.4 Å². The molecule has 5 nitrogen and oxygen atoms in total. The highest BCUT2D eigenvalue weighted by Gasteiger charge is 2.39. The molecule has 0 radical (unpaired) electrons. The normalized spacial score (nSPS) is 20.9. The van der Waals surface area contributed by atoms with Crippen LogP contribution >= 0.6 is 22.7 Å². The van der Waals surface area contributed by atoms with E-state index in [0.717, 1.165) is 26.0 Å². The Labute approximate surface area is 172 Å². The molecule has 8 heteroatoms. The molecule has 3 aromatic rings. The van der Waals surface area contributed by atoms with Gasteiger partial charge in [-0.2, -0.15) is 0 Å². The third-order valence-corrected chi connectivity index (χ3v) is 8.62. The van der Waals surface area contributed by atoms with Gasteiger partial charge in [0.1, 0.15) is 5.01 Å². The van der Waals surface area contributed by atoms with Crippen LogP contribution in [0.3, 0.4) is 0 Å². The van der Waals surface area contributed by atoms with Crippen LogP contribution in [0.5, 0.6) is 0 Å². The number of carbonyl (C=O) groups is 1. The summed E-state index contributed by atoms with van der Waals surface area (Å²) in [6.45, 7) is 1.80. The van der Waals surface area contributed by atoms with E-state index in [1.165, 1.54) is 11.3 Å². The first-order valence-electron chi connectivity index (χ1n) is 8.94. The van der Waals surface area contributed by atoms with Gasteiger partial charge in [-0.15, -0.1) is 22.7 Å². The molecule has 4 rings (SSSR count). The molecule has 1 aliphatic heterocycles. The summed E-state index contributed by atoms with van der Waals surface area (Å²) in [5, 5.41) is 5.81. The lowest BCUT2D eigenvalue weighted by atomic mass is 10.0. The van der Waals surface area contributed by atoms with Crippen molar-refractivity contribution in [2.24, 2.45) is 0 Å². The van der Waals surface area contributed by atoms with Gasteiger partial charge in [0.05, 0.1) is 34.0 Å². The molecular weight excluding hydrogens is 412 g/mol. The number of thiophene rings is 1. The largest absolute Gasteiger partial charge is 0.350 e. The van der Waals surface area contributed by atoms with E-state index in [-0.39, 0.29) is 23.8 Å². The van der Waals surface area contributed by atoms with Gasteiger partial charge in [0, 0.05) is 10.4 Å². The van der Waals surface area contributed by atoms with Gasteiger partial charge in [0.2, 0.25) is 5.91 Å². The number of benzene rings is 1. The van der Waals surface area contributed by atoms with Gasteiger partial charge in [-0.25, -0.2) is 13.4 Å². The third-order valence-electron chi connectivity index (χ3n) is 4.74. The van der Waals surface area contributed by atoms with Gasteiger partial charge in [-0.1, -0.05) is 36.4 Å². The Morgan fingerprint density at radius 1 is 1.21 bits per heavy atom. The maximum Gasteiger partial charge on any atom is 0.225 e. The Morgan fingerprint density at radius 2 is 2.00 bits per heavy atom. The van der Waals surface area contributed by atoms with E-state index in [9.17, 15) is 13.2 Å². The van der Waals surface area contributed by atoms with Crippen molar-refractivity contribution in [1.82, 2.24) is 10.3 Å². The number of nitrogens with zero attached hydrogens (tertiary/aromatic N) is 1. The molecule has 28 heavy (non-hydrogen) atoms. The van der Waals surface area contributed by atoms with Crippen molar-refractivity contribution < 1.29 is 13.2 Å². The molecule has 1 saturated heterocycles. The molecule has 2 aromatic heterocycles. The first-order chi connectivity index (χ1) is 13.3. The van der Waals surface area contributed by atoms with Gasteiger partial charge >= 0.3 is 0 Å². The first kappa shape index (κ1) is 19.3. The maximum absolute atomic E-state index is 12.7. The molecule has 1 aromatic carbocycles. The van der Waals surface area contributed by atoms with Gasteiger partial charge in [0.15, 0.2) is 9.84 Å². The van der Waals surface area contributed by atoms with Gasteiger partial charge < -0.3 is 5.32 Å². The minimum absolute atomic E-state index is 0.00147. The highest BCUT2D eigenvalue weighted by atomic mass is 32.2. The van der Waals surface area contributed by atoms with Crippen LogP contribution in [0.25, 0.3) is 21.1 Å². The van der Waals surface area contributed by atoms with Crippen LogP contribution in [0, 0.1) is 0 Å². The fourth-order valence-electron chi connectivity index (χ4n) is 3.42. The van der Waals surface area contributed by atoms with Crippen molar-refractivity contribution in [3.63, 3.8) is 0 Å². The fourth-order valence-corrected chi connectivity index (χ4v) is 7.40. The summed E-state index contributed by atoms with van der Waals surface area (Å²) < 4.78 is 23.6. The lowest BCUT2D eigenvalue weighted by Gasteiger charge is -2.23. The summed E-state index contributed by atoms with van der Waals surface area (Å²) >= 11 is 3.10. The number of carbonyl (C=O) groups excluding carboxylic acids is 1. The number of hydrogen-bond donors (Lipinski definition) is 1. The molecule has 1 fully saturated rings. The smallest absolute Gasteiger partial charge is 0.225 e. The SMILES string of the molecule is C[C@@]1(NC(=O)Cc2sc(-c3ccccc3)nc2-c2cccs2)CCS(=O)(=O)C1. The second kappa shape index (κ2) is 7.42. The molecular formula is C20H20N2O3S3. The zero-order valence-corrected chi connectivity index (χ0v) is 17.8. The Morgan fingerprint density at radius 3 is 2.64 bits per heavy atom. The molecule has 1 aliphatic rings. The maximum atomic E-state index is 12.7. The Balaban J connectivity index is 1.60. The number of rotatable bonds is 5. The number of hydrogen-bond acceptors (Lipinski definition) is 6. The van der Waals surface area contributed by atoms with Crippen LogP contribution in [0.1, 0.15) is 18.2 Å². The molecule has 0 aliphatic carbocycles. The summed E-state index contributed by atoms with van der Waals surface area (Å²) in [4.78, 5) is 19.4. The average molecular weight is 433 g/mol. The summed E-state index contributed by atoms with van der Waals surface area (Å²) in [7, 11) is -3.07. The highest BCUT2D eigenvalue weighted by molar-refractivity contribution is 7.91. The van der Waals surface area contributed by atoms with Gasteiger partial charge in [0.25, 0.3) is 0 Å². The van der Waals surface area contributed by atoms with Crippen molar-refractivity contribution in [3.8, 4) is 21.1 Å². The third kappa shape index (κ3) is 4.19. The number of aromatic nitrogens is 1. The fraction of sp³-hybridized carbons (Fsp3) is 0.300. The lowest BCUT2D eigenvalue weighted by Crippen LogP contribution is -2.47. The zero-order chi connectivity index (χ0) is 19.8. The Bertz CT molecular complexity index is 1090. The molecule has 3 heterocycles. The summed E-state index contributed by atoms with van der Waals surface area (Å²) in [6.07, 6.45) is 0.643. The van der Waals surface area contributed by atoms with E-state index >= 15 is 0 Å². The monoisotopic (exact) mass is 432 g/mol. The first-order valence-corrected chi connectivity index (χ1v) is 12.5. The van der Waals surface area contributed by atoms with E-state index in [1.54, 1.807) is 18.3 Å². The predicted molar refractivity (Wildman–Crippen MR) is 114 cm³/mol. The number of nitrogens with one attached hydrogen (secondary N) is 1. The van der Waals surface area contributed by atoms with Crippen molar-refractivity contribution in [2.75, 3.05) is 11.5 Å². The summed E-state index contributed by atoms with van der Waals surface area (Å²) in [5.41, 5.74) is 1.16. The van der Waals surface area contributed by atoms with Crippen LogP contribution in [0.15, 0.2) is 47.8 Å². The molecule has 1 N–H and O–H groups in total. The van der Waals surface area contributed by atoms with Crippen LogP contribution in [0.4, 0.5) is 0 Å². The second-order valence-corrected chi connectivity index (χ2v) is 11.5. The summed E-state index contributed by atoms with van der Waals surface area (Å²) in [5.74, 6) is -0.0367. The van der Waals surface area contributed by atoms with E-state index in [2.05, 4.69) is 5.32 Å². The number of amides is 1. The van der Waals surface area contributed by atoms with E-state index in [1.807, 2.05) is 47.8 Å². The van der Waals surface area contributed by atoms with Crippen LogP contribution < -0.4 is 5.32 Å². The quantitative estimate of drug-likeness (QED) is 0.666. The summed E-state index contributed by atoms with van der Waals surface area (Å²) in [6, 6.07) is 13.9. The van der Waals surface area contributed by atoms with E-state index in [4.69, 9.17) is 4.98 Å². The van der Waals surface area contributed by atoms with Crippen molar-refractivity contribution in [2.45, 2.75) is 25.3 Å². The molecule has 0 unspecified atom stereocenters. The topological polar surface area (TPSA) is 76.1 Å². The van der Waals surface area contributed by atoms with E-state index < -0.39 is 15.4 Å². The highest BCUT2D eigenvalue weighted by Crippen LogP contribution is 2.36. The Kier molecular flexibility index (Phi) is 5.11. The minimum Gasteiger partial charge on any atom is -0.350 e. The predicted octanol–water partition coefficient (Wildman–Crippen LogP) is 3.77. The lowest BCUT2D eigenvalue weighted by molar-refractivity contribution is -0.121. The van der Waals surface area contributed by atoms with Crippen molar-refractivity contribution in [3.05, 3.63) is 52.7 Å². The molecule has 1 amide bonds. The van der Waals surface area contributed by atoms with E-state index in [0.29, 0.717) is 6.42 Å². The Hall–Kier alpha value is -2.03. The van der Waals surface area contributed by atoms with Crippen LogP contribution in [-0.2, 0) is 21.1 Å². The molecule has 1 atom stereocenters. The van der Waals surface area contributed by atoms with Crippen molar-refractivity contribution in [1.29, 1.82) is 0 Å². The standard InChI is InChI=1S/C20H20N2O3S3/c1-20(9-11-28(24,25)13-20)22-17(23)12-16-18(15-8-5-10-26-15)21-19(27-16)14-6-3-2-4-7-14/h2-8,10H,9,11-13H2,1H3,(H,22,23)/t20-/m1/s1. The molecule has 146 valence electrons. The minimum atomic E-state index is -3.07. The number of sulfone groups is 1. The molecule has 0 bridgehead atoms. The average Bonchev–Trinajstić information content (AvgIpc) is 3.35. The number of thiazole rings is 1. The molecule has 0 saturated carbocycles. The van der Waals surface area contributed by atoms with Crippen molar-refractivity contribution >= 4 is 38.4 Å². The second-order valence-electron chi connectivity index (χ2n) is 7.26. The zero-order valence-electron chi connectivity index (χ0n) is 15.3. The molecule has 0 spiro atoms. The van der Waals surface area contributed by atoms with Gasteiger partial charge in [-0.05, 0) is 24.8 Å². The van der Waals surface area contributed by atoms with Gasteiger partial charge in [-0.3, -0.25) is 4.79 Å². The van der Waals surface area contributed by atoms with Crippen LogP contribution in [0.2, 0.25) is 0 Å².